The summed E-state index contributed by atoms with van der Waals surface area (Å²) < 4.78 is 26.2. The predicted octanol–water partition coefficient (Wildman–Crippen LogP) is 2.59. The number of carbonyl (C=O) groups excluding carboxylic acids is 1. The Morgan fingerprint density at radius 2 is 2.16 bits per heavy atom. The van der Waals surface area contributed by atoms with Gasteiger partial charge in [0.2, 0.25) is 11.0 Å². The topological polar surface area (TPSA) is 46.1 Å². The van der Waals surface area contributed by atoms with Gasteiger partial charge in [-0.1, -0.05) is 17.4 Å². The second kappa shape index (κ2) is 4.86. The number of thioether (sulfide) groups is 1. The van der Waals surface area contributed by atoms with Gasteiger partial charge in [-0.2, -0.15) is 0 Å². The van der Waals surface area contributed by atoms with Crippen LogP contribution in [0.25, 0.3) is 0 Å². The van der Waals surface area contributed by atoms with Crippen LogP contribution in [0.1, 0.15) is 10.9 Å². The molecule has 98 valence electrons. The van der Waals surface area contributed by atoms with Crippen LogP contribution in [0.5, 0.6) is 0 Å². The van der Waals surface area contributed by atoms with Gasteiger partial charge < -0.3 is 0 Å². The Bertz CT molecular complexity index is 620. The Kier molecular flexibility index (Phi) is 3.19. The molecule has 0 spiro atoms. The molecule has 19 heavy (non-hydrogen) atoms. The minimum absolute atomic E-state index is 0.114. The van der Waals surface area contributed by atoms with E-state index in [1.54, 1.807) is 0 Å². The van der Waals surface area contributed by atoms with Crippen LogP contribution in [0.2, 0.25) is 0 Å². The van der Waals surface area contributed by atoms with Crippen LogP contribution in [0, 0.1) is 11.6 Å². The number of nitrogens with zero attached hydrogens (tertiary/aromatic N) is 3. The number of anilines is 1. The van der Waals surface area contributed by atoms with E-state index in [2.05, 4.69) is 10.2 Å². The smallest absolute Gasteiger partial charge is 0.240 e. The first-order valence-electron chi connectivity index (χ1n) is 5.31. The zero-order valence-corrected chi connectivity index (χ0v) is 11.0. The van der Waals surface area contributed by atoms with Crippen LogP contribution < -0.4 is 4.90 Å². The number of amides is 1. The normalized spacial score (nSPS) is 19.2. The molecule has 3 rings (SSSR count). The molecule has 4 nitrogen and oxygen atoms in total. The largest absolute Gasteiger partial charge is 0.273 e. The van der Waals surface area contributed by atoms with E-state index in [-0.39, 0.29) is 11.7 Å². The molecule has 1 fully saturated rings. The van der Waals surface area contributed by atoms with Crippen LogP contribution in [0.15, 0.2) is 23.7 Å². The number of carbonyl (C=O) groups is 1. The van der Waals surface area contributed by atoms with Crippen molar-refractivity contribution in [3.8, 4) is 0 Å². The van der Waals surface area contributed by atoms with Crippen LogP contribution >= 0.6 is 23.1 Å². The maximum atomic E-state index is 13.3. The molecular formula is C11H7F2N3OS2. The zero-order chi connectivity index (χ0) is 13.4. The van der Waals surface area contributed by atoms with E-state index < -0.39 is 17.0 Å². The molecule has 0 bridgehead atoms. The molecule has 8 heteroatoms. The molecule has 1 saturated heterocycles. The molecule has 0 N–H and O–H groups in total. The Hall–Kier alpha value is -1.54. The fourth-order valence-corrected chi connectivity index (χ4v) is 3.63. The number of rotatable bonds is 2. The van der Waals surface area contributed by atoms with Crippen molar-refractivity contribution in [1.82, 2.24) is 10.2 Å². The summed E-state index contributed by atoms with van der Waals surface area (Å²) in [6.07, 6.45) is 0. The van der Waals surface area contributed by atoms with Crippen molar-refractivity contribution in [3.05, 3.63) is 40.9 Å². The van der Waals surface area contributed by atoms with Crippen molar-refractivity contribution in [2.45, 2.75) is 5.37 Å². The van der Waals surface area contributed by atoms with Crippen molar-refractivity contribution in [2.75, 3.05) is 10.7 Å². The molecule has 2 heterocycles. The van der Waals surface area contributed by atoms with Crippen LogP contribution in [0.3, 0.4) is 0 Å². The lowest BCUT2D eigenvalue weighted by Crippen LogP contribution is -2.27. The highest BCUT2D eigenvalue weighted by Crippen LogP contribution is 2.42. The standard InChI is InChI=1S/C11H7F2N3OS2/c12-7-2-1-6(3-8(7)13)10-16(9(17)4-18-10)11-15-14-5-19-11/h1-3,5,10H,4H2. The van der Waals surface area contributed by atoms with Crippen molar-refractivity contribution >= 4 is 34.1 Å². The minimum atomic E-state index is -0.922. The fourth-order valence-electron chi connectivity index (χ4n) is 1.82. The number of hydrogen-bond acceptors (Lipinski definition) is 5. The van der Waals surface area contributed by atoms with Crippen molar-refractivity contribution < 1.29 is 13.6 Å². The van der Waals surface area contributed by atoms with E-state index in [1.165, 1.54) is 39.6 Å². The van der Waals surface area contributed by atoms with Crippen LogP contribution in [0.4, 0.5) is 13.9 Å². The summed E-state index contributed by atoms with van der Waals surface area (Å²) in [4.78, 5) is 13.4. The Labute approximate surface area is 115 Å². The third kappa shape index (κ3) is 2.21. The van der Waals surface area contributed by atoms with Crippen LogP contribution in [-0.2, 0) is 4.79 Å². The number of halogens is 2. The first kappa shape index (κ1) is 12.5. The molecule has 0 saturated carbocycles. The van der Waals surface area contributed by atoms with Gasteiger partial charge in [-0.15, -0.1) is 22.0 Å². The van der Waals surface area contributed by atoms with Gasteiger partial charge in [0.15, 0.2) is 11.6 Å². The van der Waals surface area contributed by atoms with Gasteiger partial charge in [0, 0.05) is 0 Å². The predicted molar refractivity (Wildman–Crippen MR) is 69.0 cm³/mol. The summed E-state index contributed by atoms with van der Waals surface area (Å²) >= 11 is 2.58. The first-order chi connectivity index (χ1) is 9.16. The Morgan fingerprint density at radius 3 is 2.84 bits per heavy atom. The van der Waals surface area contributed by atoms with Gasteiger partial charge in [-0.25, -0.2) is 8.78 Å². The molecule has 1 aliphatic rings. The summed E-state index contributed by atoms with van der Waals surface area (Å²) in [5.41, 5.74) is 2.05. The summed E-state index contributed by atoms with van der Waals surface area (Å²) in [7, 11) is 0. The molecule has 0 radical (unpaired) electrons. The second-order valence-corrected chi connectivity index (χ2v) is 5.70. The second-order valence-electron chi connectivity index (χ2n) is 3.82. The third-order valence-electron chi connectivity index (χ3n) is 2.65. The lowest BCUT2D eigenvalue weighted by atomic mass is 10.2. The fraction of sp³-hybridized carbons (Fsp3) is 0.182. The molecule has 1 aromatic carbocycles. The lowest BCUT2D eigenvalue weighted by molar-refractivity contribution is -0.115. The molecule has 2 aromatic rings. The van der Waals surface area contributed by atoms with Crippen molar-refractivity contribution in [3.63, 3.8) is 0 Å². The van der Waals surface area contributed by atoms with Gasteiger partial charge in [-0.3, -0.25) is 9.69 Å². The Balaban J connectivity index is 1.99. The van der Waals surface area contributed by atoms with E-state index in [0.29, 0.717) is 10.7 Å². The molecule has 1 unspecified atom stereocenters. The van der Waals surface area contributed by atoms with E-state index in [0.717, 1.165) is 12.1 Å². The van der Waals surface area contributed by atoms with Crippen molar-refractivity contribution in [1.29, 1.82) is 0 Å². The monoisotopic (exact) mass is 299 g/mol. The molecule has 1 aromatic heterocycles. The summed E-state index contributed by atoms with van der Waals surface area (Å²) in [6.45, 7) is 0. The van der Waals surface area contributed by atoms with Gasteiger partial charge >= 0.3 is 0 Å². The average molecular weight is 299 g/mol. The maximum absolute atomic E-state index is 13.3. The summed E-state index contributed by atoms with van der Waals surface area (Å²) in [5, 5.41) is 7.62. The minimum Gasteiger partial charge on any atom is -0.273 e. The zero-order valence-electron chi connectivity index (χ0n) is 9.42. The number of hydrogen-bond donors (Lipinski definition) is 0. The van der Waals surface area contributed by atoms with Gasteiger partial charge in [0.1, 0.15) is 10.9 Å². The SMILES string of the molecule is O=C1CSC(c2ccc(F)c(F)c2)N1c1nncs1. The highest BCUT2D eigenvalue weighted by molar-refractivity contribution is 8.00. The summed E-state index contributed by atoms with van der Waals surface area (Å²) in [5.74, 6) is -1.66. The molecule has 1 aliphatic heterocycles. The lowest BCUT2D eigenvalue weighted by Gasteiger charge is -2.20. The van der Waals surface area contributed by atoms with E-state index in [1.807, 2.05) is 0 Å². The van der Waals surface area contributed by atoms with E-state index in [4.69, 9.17) is 0 Å². The van der Waals surface area contributed by atoms with Gasteiger partial charge in [0.25, 0.3) is 0 Å². The van der Waals surface area contributed by atoms with E-state index in [9.17, 15) is 13.6 Å². The van der Waals surface area contributed by atoms with E-state index >= 15 is 0 Å². The van der Waals surface area contributed by atoms with Gasteiger partial charge in [0.05, 0.1) is 5.75 Å². The molecule has 0 aliphatic carbocycles. The highest BCUT2D eigenvalue weighted by Gasteiger charge is 2.36. The Morgan fingerprint density at radius 1 is 1.32 bits per heavy atom. The number of benzene rings is 1. The highest BCUT2D eigenvalue weighted by atomic mass is 32.2. The quantitative estimate of drug-likeness (QED) is 0.855. The molecule has 1 amide bonds. The van der Waals surface area contributed by atoms with Crippen molar-refractivity contribution in [2.24, 2.45) is 0 Å². The molecular weight excluding hydrogens is 292 g/mol. The maximum Gasteiger partial charge on any atom is 0.240 e. The average Bonchev–Trinajstić information content (AvgIpc) is 3.01. The molecule has 1 atom stereocenters. The summed E-state index contributed by atoms with van der Waals surface area (Å²) in [6, 6.07) is 3.65. The number of aromatic nitrogens is 2. The first-order valence-corrected chi connectivity index (χ1v) is 7.24. The van der Waals surface area contributed by atoms with Crippen LogP contribution in [-0.4, -0.2) is 21.9 Å². The third-order valence-corrected chi connectivity index (χ3v) is 4.55. The van der Waals surface area contributed by atoms with Gasteiger partial charge in [-0.05, 0) is 17.7 Å².